The summed E-state index contributed by atoms with van der Waals surface area (Å²) < 4.78 is 12.4. The standard InChI is InChI=1S/C25H38O3/c1-5-7-9-10-11-13-14-20-18-22(26)17-16-21(20)19-24-23(15-12-8-6-2)27-25(3,4)28-24/h5,7,16-17,20-21,23-24H,9-15,18-19H2,1-4H3/b7-5+/t20-,21+,23+,24+/m1/s1. The van der Waals surface area contributed by atoms with Gasteiger partial charge in [0.1, 0.15) is 0 Å². The highest BCUT2D eigenvalue weighted by atomic mass is 16.7. The molecule has 1 heterocycles. The van der Waals surface area contributed by atoms with E-state index in [0.29, 0.717) is 18.3 Å². The second kappa shape index (κ2) is 11.6. The number of unbranched alkanes of at least 4 members (excludes halogenated alkanes) is 3. The van der Waals surface area contributed by atoms with Gasteiger partial charge < -0.3 is 9.47 Å². The quantitative estimate of drug-likeness (QED) is 0.263. The lowest BCUT2D eigenvalue weighted by molar-refractivity contribution is -0.148. The largest absolute Gasteiger partial charge is 0.345 e. The number of hydrogen-bond acceptors (Lipinski definition) is 3. The van der Waals surface area contributed by atoms with Crippen molar-refractivity contribution in [3.8, 4) is 11.8 Å². The van der Waals surface area contributed by atoms with Crippen molar-refractivity contribution < 1.29 is 14.3 Å². The van der Waals surface area contributed by atoms with Gasteiger partial charge in [0.05, 0.1) is 12.2 Å². The summed E-state index contributed by atoms with van der Waals surface area (Å²) in [5, 5.41) is 0. The van der Waals surface area contributed by atoms with Crippen molar-refractivity contribution in [3.63, 3.8) is 0 Å². The molecule has 2 aliphatic rings. The van der Waals surface area contributed by atoms with Crippen LogP contribution in [0.5, 0.6) is 0 Å². The maximum absolute atomic E-state index is 12.0. The molecule has 0 spiro atoms. The topological polar surface area (TPSA) is 35.5 Å². The Kier molecular flexibility index (Phi) is 9.48. The van der Waals surface area contributed by atoms with Crippen LogP contribution in [0.1, 0.15) is 85.5 Å². The molecule has 156 valence electrons. The highest BCUT2D eigenvalue weighted by molar-refractivity contribution is 5.90. The van der Waals surface area contributed by atoms with E-state index in [1.807, 2.05) is 20.8 Å². The third kappa shape index (κ3) is 7.57. The van der Waals surface area contributed by atoms with E-state index in [9.17, 15) is 4.79 Å². The number of carbonyl (C=O) groups is 1. The third-order valence-electron chi connectivity index (χ3n) is 5.80. The van der Waals surface area contributed by atoms with E-state index < -0.39 is 5.79 Å². The van der Waals surface area contributed by atoms with Gasteiger partial charge in [-0.1, -0.05) is 31.1 Å². The second-order valence-electron chi connectivity index (χ2n) is 8.57. The molecule has 1 saturated heterocycles. The maximum Gasteiger partial charge on any atom is 0.163 e. The SMILES string of the molecule is CC#CCC[C@@H]1OC(C)(C)O[C@H]1C[C@@H]1C=CC(=O)C[C@H]1CCCCC/C=C/C. The summed E-state index contributed by atoms with van der Waals surface area (Å²) in [6, 6.07) is 0. The first-order chi connectivity index (χ1) is 13.4. The van der Waals surface area contributed by atoms with Crippen molar-refractivity contribution in [1.29, 1.82) is 0 Å². The number of carbonyl (C=O) groups excluding carboxylic acids is 1. The smallest absolute Gasteiger partial charge is 0.163 e. The molecule has 3 heteroatoms. The monoisotopic (exact) mass is 386 g/mol. The van der Waals surface area contributed by atoms with Gasteiger partial charge in [-0.25, -0.2) is 0 Å². The third-order valence-corrected chi connectivity index (χ3v) is 5.80. The first-order valence-corrected chi connectivity index (χ1v) is 11.0. The Hall–Kier alpha value is -1.37. The molecule has 0 N–H and O–H groups in total. The van der Waals surface area contributed by atoms with Crippen LogP contribution in [-0.4, -0.2) is 23.8 Å². The average molecular weight is 387 g/mol. The van der Waals surface area contributed by atoms with Gasteiger partial charge >= 0.3 is 0 Å². The van der Waals surface area contributed by atoms with Crippen LogP contribution in [0.3, 0.4) is 0 Å². The molecule has 1 aliphatic carbocycles. The van der Waals surface area contributed by atoms with Gasteiger partial charge in [-0.05, 0) is 77.7 Å². The summed E-state index contributed by atoms with van der Waals surface area (Å²) >= 11 is 0. The molecule has 0 radical (unpaired) electrons. The van der Waals surface area contributed by atoms with E-state index in [1.165, 1.54) is 19.3 Å². The molecule has 1 fully saturated rings. The van der Waals surface area contributed by atoms with Crippen LogP contribution in [0.15, 0.2) is 24.3 Å². The zero-order valence-corrected chi connectivity index (χ0v) is 18.2. The fourth-order valence-electron chi connectivity index (χ4n) is 4.43. The van der Waals surface area contributed by atoms with E-state index in [0.717, 1.165) is 32.1 Å². The molecule has 0 aromatic carbocycles. The fraction of sp³-hybridized carbons (Fsp3) is 0.720. The summed E-state index contributed by atoms with van der Waals surface area (Å²) in [4.78, 5) is 12.0. The normalized spacial score (nSPS) is 29.2. The molecule has 0 saturated carbocycles. The van der Waals surface area contributed by atoms with Gasteiger partial charge in [0.2, 0.25) is 0 Å². The molecule has 0 aromatic rings. The molecular weight excluding hydrogens is 348 g/mol. The van der Waals surface area contributed by atoms with E-state index in [2.05, 4.69) is 37.0 Å². The van der Waals surface area contributed by atoms with E-state index in [-0.39, 0.29) is 18.0 Å². The molecule has 3 nitrogen and oxygen atoms in total. The van der Waals surface area contributed by atoms with Crippen molar-refractivity contribution in [2.24, 2.45) is 11.8 Å². The molecular formula is C25H38O3. The van der Waals surface area contributed by atoms with Crippen LogP contribution >= 0.6 is 0 Å². The van der Waals surface area contributed by atoms with Crippen molar-refractivity contribution in [2.75, 3.05) is 0 Å². The molecule has 4 atom stereocenters. The van der Waals surface area contributed by atoms with Crippen LogP contribution in [0.25, 0.3) is 0 Å². The molecule has 0 aromatic heterocycles. The summed E-state index contributed by atoms with van der Waals surface area (Å²) in [6.07, 6.45) is 17.7. The number of allylic oxidation sites excluding steroid dienone is 4. The average Bonchev–Trinajstić information content (AvgIpc) is 2.94. The maximum atomic E-state index is 12.0. The highest BCUT2D eigenvalue weighted by Gasteiger charge is 2.42. The Labute approximate surface area is 171 Å². The van der Waals surface area contributed by atoms with Crippen LogP contribution in [0.4, 0.5) is 0 Å². The van der Waals surface area contributed by atoms with Crippen LogP contribution in [0.2, 0.25) is 0 Å². The Morgan fingerprint density at radius 3 is 2.71 bits per heavy atom. The van der Waals surface area contributed by atoms with Crippen molar-refractivity contribution in [3.05, 3.63) is 24.3 Å². The van der Waals surface area contributed by atoms with Gasteiger partial charge in [-0.3, -0.25) is 4.79 Å². The molecule has 1 aliphatic heterocycles. The number of ether oxygens (including phenoxy) is 2. The van der Waals surface area contributed by atoms with Crippen LogP contribution < -0.4 is 0 Å². The lowest BCUT2D eigenvalue weighted by atomic mass is 9.77. The minimum atomic E-state index is -0.536. The summed E-state index contributed by atoms with van der Waals surface area (Å²) in [6.45, 7) is 7.94. The number of rotatable bonds is 10. The van der Waals surface area contributed by atoms with E-state index >= 15 is 0 Å². The summed E-state index contributed by atoms with van der Waals surface area (Å²) in [5.41, 5.74) is 0. The minimum absolute atomic E-state index is 0.0775. The predicted molar refractivity (Wildman–Crippen MR) is 115 cm³/mol. The Balaban J connectivity index is 1.92. The lowest BCUT2D eigenvalue weighted by Crippen LogP contribution is -2.30. The van der Waals surface area contributed by atoms with E-state index in [1.54, 1.807) is 6.08 Å². The summed E-state index contributed by atoms with van der Waals surface area (Å²) in [5.74, 6) is 6.67. The predicted octanol–water partition coefficient (Wildman–Crippen LogP) is 5.99. The van der Waals surface area contributed by atoms with E-state index in [4.69, 9.17) is 9.47 Å². The molecule has 0 bridgehead atoms. The van der Waals surface area contributed by atoms with Gasteiger partial charge in [0, 0.05) is 12.8 Å². The Morgan fingerprint density at radius 1 is 1.18 bits per heavy atom. The Morgan fingerprint density at radius 2 is 1.96 bits per heavy atom. The zero-order valence-electron chi connectivity index (χ0n) is 18.2. The highest BCUT2D eigenvalue weighted by Crippen LogP contribution is 2.38. The summed E-state index contributed by atoms with van der Waals surface area (Å²) in [7, 11) is 0. The second-order valence-corrected chi connectivity index (χ2v) is 8.57. The fourth-order valence-corrected chi connectivity index (χ4v) is 4.43. The molecule has 28 heavy (non-hydrogen) atoms. The molecule has 0 amide bonds. The van der Waals surface area contributed by atoms with Gasteiger partial charge in [0.25, 0.3) is 0 Å². The van der Waals surface area contributed by atoms with Crippen molar-refractivity contribution in [2.45, 2.75) is 103 Å². The molecule has 0 unspecified atom stereocenters. The lowest BCUT2D eigenvalue weighted by Gasteiger charge is -2.30. The van der Waals surface area contributed by atoms with Gasteiger partial charge in [0.15, 0.2) is 11.6 Å². The number of hydrogen-bond donors (Lipinski definition) is 0. The van der Waals surface area contributed by atoms with Gasteiger partial charge in [-0.15, -0.1) is 11.8 Å². The van der Waals surface area contributed by atoms with Crippen molar-refractivity contribution >= 4 is 5.78 Å². The molecule has 2 rings (SSSR count). The first-order valence-electron chi connectivity index (χ1n) is 11.0. The van der Waals surface area contributed by atoms with Gasteiger partial charge in [-0.2, -0.15) is 0 Å². The number of ketones is 1. The van der Waals surface area contributed by atoms with Crippen molar-refractivity contribution in [1.82, 2.24) is 0 Å². The zero-order chi connectivity index (χ0) is 20.4. The first kappa shape index (κ1) is 22.9. The Bertz CT molecular complexity index is 605. The minimum Gasteiger partial charge on any atom is -0.345 e. The van der Waals surface area contributed by atoms with Crippen LogP contribution in [-0.2, 0) is 14.3 Å². The van der Waals surface area contributed by atoms with Crippen LogP contribution in [0, 0.1) is 23.7 Å².